The first-order valence-electron chi connectivity index (χ1n) is 5.58. The average Bonchev–Trinajstić information content (AvgIpc) is 3.05. The molecule has 88 valence electrons. The molecule has 0 saturated heterocycles. The molecule has 3 nitrogen and oxygen atoms in total. The third kappa shape index (κ3) is 1.87. The summed E-state index contributed by atoms with van der Waals surface area (Å²) in [6.07, 6.45) is 0. The van der Waals surface area contributed by atoms with Crippen molar-refractivity contribution in [2.45, 2.75) is 18.1 Å². The normalized spacial score (nSPS) is 29.0. The van der Waals surface area contributed by atoms with Crippen molar-refractivity contribution in [3.8, 4) is 0 Å². The van der Waals surface area contributed by atoms with Crippen LogP contribution in [-0.4, -0.2) is 26.0 Å². The molecule has 4 heteroatoms. The maximum absolute atomic E-state index is 11.9. The highest BCUT2D eigenvalue weighted by molar-refractivity contribution is 7.92. The predicted octanol–water partition coefficient (Wildman–Crippen LogP) is 1.16. The zero-order valence-corrected chi connectivity index (χ0v) is 10.2. The number of hydrogen-bond donors (Lipinski definition) is 1. The zero-order valence-electron chi connectivity index (χ0n) is 9.34. The fourth-order valence-corrected chi connectivity index (χ4v) is 4.33. The van der Waals surface area contributed by atoms with Crippen molar-refractivity contribution in [3.63, 3.8) is 0 Å². The van der Waals surface area contributed by atoms with Crippen LogP contribution in [0.5, 0.6) is 0 Å². The van der Waals surface area contributed by atoms with Crippen molar-refractivity contribution >= 4 is 9.84 Å². The molecule has 0 heterocycles. The lowest BCUT2D eigenvalue weighted by Crippen LogP contribution is -2.15. The summed E-state index contributed by atoms with van der Waals surface area (Å²) in [5.74, 6) is 0.417. The van der Waals surface area contributed by atoms with Gasteiger partial charge in [-0.1, -0.05) is 37.3 Å². The van der Waals surface area contributed by atoms with Crippen molar-refractivity contribution < 1.29 is 8.42 Å². The van der Waals surface area contributed by atoms with Crippen molar-refractivity contribution in [3.05, 3.63) is 35.9 Å². The van der Waals surface area contributed by atoms with E-state index in [4.69, 9.17) is 5.73 Å². The van der Waals surface area contributed by atoms with Crippen LogP contribution in [0.4, 0.5) is 0 Å². The van der Waals surface area contributed by atoms with Crippen LogP contribution in [0.25, 0.3) is 0 Å². The maximum Gasteiger partial charge on any atom is 0.153 e. The average molecular weight is 239 g/mol. The number of sulfone groups is 1. The lowest BCUT2D eigenvalue weighted by molar-refractivity contribution is 0.593. The molecule has 1 aromatic carbocycles. The molecule has 2 rings (SSSR count). The van der Waals surface area contributed by atoms with Crippen LogP contribution in [0.2, 0.25) is 0 Å². The number of rotatable bonds is 4. The van der Waals surface area contributed by atoms with Gasteiger partial charge in [0.25, 0.3) is 0 Å². The molecule has 1 saturated carbocycles. The molecule has 0 spiro atoms. The fourth-order valence-electron chi connectivity index (χ4n) is 2.42. The first kappa shape index (κ1) is 11.6. The summed E-state index contributed by atoms with van der Waals surface area (Å²) in [5.41, 5.74) is 6.74. The summed E-state index contributed by atoms with van der Waals surface area (Å²) in [6.45, 7) is 2.15. The second-order valence-electron chi connectivity index (χ2n) is 4.25. The van der Waals surface area contributed by atoms with Gasteiger partial charge in [0.15, 0.2) is 9.84 Å². The standard InChI is InChI=1S/C12H17NO2S/c1-2-16(14,15)12-10(8-13)11(12)9-6-4-3-5-7-9/h3-7,10-12H,2,8,13H2,1H3/t10-,11+,12+/m1/s1. The van der Waals surface area contributed by atoms with Gasteiger partial charge >= 0.3 is 0 Å². The first-order chi connectivity index (χ1) is 7.61. The quantitative estimate of drug-likeness (QED) is 0.857. The highest BCUT2D eigenvalue weighted by Crippen LogP contribution is 2.51. The Kier molecular flexibility index (Phi) is 3.04. The molecule has 2 N–H and O–H groups in total. The van der Waals surface area contributed by atoms with Crippen molar-refractivity contribution in [2.75, 3.05) is 12.3 Å². The van der Waals surface area contributed by atoms with Gasteiger partial charge in [-0.15, -0.1) is 0 Å². The Morgan fingerprint density at radius 1 is 1.25 bits per heavy atom. The molecule has 0 bridgehead atoms. The third-order valence-corrected chi connectivity index (χ3v) is 5.65. The van der Waals surface area contributed by atoms with Gasteiger partial charge in [-0.3, -0.25) is 0 Å². The van der Waals surface area contributed by atoms with Gasteiger partial charge in [-0.25, -0.2) is 8.42 Å². The highest BCUT2D eigenvalue weighted by Gasteiger charge is 2.56. The maximum atomic E-state index is 11.9. The van der Waals surface area contributed by atoms with Crippen LogP contribution in [0.15, 0.2) is 30.3 Å². The van der Waals surface area contributed by atoms with Crippen molar-refractivity contribution in [2.24, 2.45) is 11.7 Å². The van der Waals surface area contributed by atoms with E-state index >= 15 is 0 Å². The summed E-state index contributed by atoms with van der Waals surface area (Å²) in [6, 6.07) is 9.79. The van der Waals surface area contributed by atoms with E-state index in [0.717, 1.165) is 5.56 Å². The van der Waals surface area contributed by atoms with E-state index < -0.39 is 9.84 Å². The lowest BCUT2D eigenvalue weighted by atomic mass is 10.1. The fraction of sp³-hybridized carbons (Fsp3) is 0.500. The molecule has 16 heavy (non-hydrogen) atoms. The van der Waals surface area contributed by atoms with E-state index in [2.05, 4.69) is 0 Å². The Morgan fingerprint density at radius 2 is 1.88 bits per heavy atom. The second kappa shape index (κ2) is 4.18. The minimum absolute atomic E-state index is 0.104. The summed E-state index contributed by atoms with van der Waals surface area (Å²) in [5, 5.41) is -0.259. The van der Waals surface area contributed by atoms with E-state index in [-0.39, 0.29) is 22.8 Å². The molecule has 0 aliphatic heterocycles. The Labute approximate surface area is 96.6 Å². The molecular weight excluding hydrogens is 222 g/mol. The van der Waals surface area contributed by atoms with Gasteiger partial charge in [0.2, 0.25) is 0 Å². The van der Waals surface area contributed by atoms with Crippen LogP contribution < -0.4 is 5.73 Å². The molecule has 1 aliphatic carbocycles. The summed E-state index contributed by atoms with van der Waals surface area (Å²) in [7, 11) is -2.96. The zero-order chi connectivity index (χ0) is 11.8. The molecule has 1 aromatic rings. The largest absolute Gasteiger partial charge is 0.330 e. The van der Waals surface area contributed by atoms with E-state index in [1.165, 1.54) is 0 Å². The number of nitrogens with two attached hydrogens (primary N) is 1. The summed E-state index contributed by atoms with van der Waals surface area (Å²) < 4.78 is 23.7. The van der Waals surface area contributed by atoms with Crippen LogP contribution in [0, 0.1) is 5.92 Å². The number of hydrogen-bond acceptors (Lipinski definition) is 3. The van der Waals surface area contributed by atoms with Crippen molar-refractivity contribution in [1.82, 2.24) is 0 Å². The van der Waals surface area contributed by atoms with E-state index in [0.29, 0.717) is 6.54 Å². The van der Waals surface area contributed by atoms with E-state index in [1.807, 2.05) is 30.3 Å². The molecule has 0 radical (unpaired) electrons. The van der Waals surface area contributed by atoms with Crippen molar-refractivity contribution in [1.29, 1.82) is 0 Å². The van der Waals surface area contributed by atoms with Gasteiger partial charge in [-0.05, 0) is 18.0 Å². The first-order valence-corrected chi connectivity index (χ1v) is 7.30. The minimum Gasteiger partial charge on any atom is -0.330 e. The Balaban J connectivity index is 2.26. The van der Waals surface area contributed by atoms with Crippen LogP contribution >= 0.6 is 0 Å². The van der Waals surface area contributed by atoms with Crippen LogP contribution in [0.3, 0.4) is 0 Å². The van der Waals surface area contributed by atoms with Gasteiger partial charge in [0.05, 0.1) is 5.25 Å². The topological polar surface area (TPSA) is 60.2 Å². The number of benzene rings is 1. The highest BCUT2D eigenvalue weighted by atomic mass is 32.2. The molecule has 3 atom stereocenters. The third-order valence-electron chi connectivity index (χ3n) is 3.37. The summed E-state index contributed by atoms with van der Waals surface area (Å²) >= 11 is 0. The van der Waals surface area contributed by atoms with E-state index in [9.17, 15) is 8.42 Å². The molecule has 1 aliphatic rings. The SMILES string of the molecule is CCS(=O)(=O)[C@H]1[C@H](CN)[C@@H]1c1ccccc1. The Hall–Kier alpha value is -0.870. The minimum atomic E-state index is -2.96. The lowest BCUT2D eigenvalue weighted by Gasteiger charge is -2.00. The molecule has 0 amide bonds. The van der Waals surface area contributed by atoms with Crippen LogP contribution in [0.1, 0.15) is 18.4 Å². The Bertz CT molecular complexity index is 455. The van der Waals surface area contributed by atoms with Gasteiger partial charge in [-0.2, -0.15) is 0 Å². The molecule has 0 aromatic heterocycles. The van der Waals surface area contributed by atoms with Gasteiger partial charge < -0.3 is 5.73 Å². The predicted molar refractivity (Wildman–Crippen MR) is 65.0 cm³/mol. The second-order valence-corrected chi connectivity index (χ2v) is 6.70. The molecule has 0 unspecified atom stereocenters. The van der Waals surface area contributed by atoms with Gasteiger partial charge in [0, 0.05) is 11.7 Å². The van der Waals surface area contributed by atoms with E-state index in [1.54, 1.807) is 6.92 Å². The summed E-state index contributed by atoms with van der Waals surface area (Å²) in [4.78, 5) is 0. The Morgan fingerprint density at radius 3 is 2.38 bits per heavy atom. The van der Waals surface area contributed by atoms with Crippen LogP contribution in [-0.2, 0) is 9.84 Å². The molecular formula is C12H17NO2S. The van der Waals surface area contributed by atoms with Gasteiger partial charge in [0.1, 0.15) is 0 Å². The molecule has 1 fully saturated rings. The monoisotopic (exact) mass is 239 g/mol. The smallest absolute Gasteiger partial charge is 0.153 e.